The SMILES string of the molecule is [C-]#[N+]c1cnc(N[C@H](C)C2CCC(O)CC2)nc1-c1c[nH]c2ncc(C)cc12. The van der Waals surface area contributed by atoms with Crippen LogP contribution in [-0.2, 0) is 0 Å². The first-order valence-corrected chi connectivity index (χ1v) is 9.68. The fourth-order valence-electron chi connectivity index (χ4n) is 3.95. The third-order valence-electron chi connectivity index (χ3n) is 5.62. The van der Waals surface area contributed by atoms with Gasteiger partial charge in [-0.25, -0.2) is 19.8 Å². The first-order chi connectivity index (χ1) is 13.5. The summed E-state index contributed by atoms with van der Waals surface area (Å²) >= 11 is 0. The van der Waals surface area contributed by atoms with Crippen LogP contribution in [0.1, 0.15) is 38.2 Å². The highest BCUT2D eigenvalue weighted by molar-refractivity contribution is 5.96. The molecule has 0 saturated heterocycles. The van der Waals surface area contributed by atoms with Crippen molar-refractivity contribution in [1.29, 1.82) is 0 Å². The van der Waals surface area contributed by atoms with E-state index in [0.717, 1.165) is 47.8 Å². The number of rotatable bonds is 4. The predicted octanol–water partition coefficient (Wildman–Crippen LogP) is 4.23. The number of aliphatic hydroxyl groups is 1. The summed E-state index contributed by atoms with van der Waals surface area (Å²) in [6, 6.07) is 2.25. The number of nitrogens with zero attached hydrogens (tertiary/aromatic N) is 4. The molecule has 3 N–H and O–H groups in total. The van der Waals surface area contributed by atoms with Crippen LogP contribution in [0.5, 0.6) is 0 Å². The quantitative estimate of drug-likeness (QED) is 0.593. The molecule has 0 aliphatic heterocycles. The van der Waals surface area contributed by atoms with Crippen LogP contribution in [0.2, 0.25) is 0 Å². The highest BCUT2D eigenvalue weighted by Gasteiger charge is 2.25. The van der Waals surface area contributed by atoms with Crippen molar-refractivity contribution >= 4 is 22.7 Å². The van der Waals surface area contributed by atoms with Crippen molar-refractivity contribution in [3.63, 3.8) is 0 Å². The summed E-state index contributed by atoms with van der Waals surface area (Å²) in [7, 11) is 0. The number of aliphatic hydroxyl groups excluding tert-OH is 1. The van der Waals surface area contributed by atoms with E-state index in [1.807, 2.05) is 25.4 Å². The van der Waals surface area contributed by atoms with Crippen molar-refractivity contribution in [2.75, 3.05) is 5.32 Å². The molecule has 144 valence electrons. The largest absolute Gasteiger partial charge is 0.393 e. The highest BCUT2D eigenvalue weighted by atomic mass is 16.3. The Labute approximate surface area is 164 Å². The Kier molecular flexibility index (Phi) is 4.97. The summed E-state index contributed by atoms with van der Waals surface area (Å²) in [5.74, 6) is 1.01. The maximum atomic E-state index is 9.72. The van der Waals surface area contributed by atoms with Gasteiger partial charge in [0, 0.05) is 35.6 Å². The summed E-state index contributed by atoms with van der Waals surface area (Å²) in [6.07, 6.45) is 8.77. The van der Waals surface area contributed by atoms with E-state index in [-0.39, 0.29) is 12.1 Å². The summed E-state index contributed by atoms with van der Waals surface area (Å²) < 4.78 is 0. The van der Waals surface area contributed by atoms with Crippen LogP contribution in [0.25, 0.3) is 27.1 Å². The van der Waals surface area contributed by atoms with E-state index in [4.69, 9.17) is 6.57 Å². The van der Waals surface area contributed by atoms with E-state index < -0.39 is 0 Å². The number of fused-ring (bicyclic) bond motifs is 1. The van der Waals surface area contributed by atoms with Gasteiger partial charge < -0.3 is 15.4 Å². The van der Waals surface area contributed by atoms with Crippen LogP contribution in [-0.4, -0.2) is 37.2 Å². The van der Waals surface area contributed by atoms with Crippen LogP contribution in [0.4, 0.5) is 11.6 Å². The molecule has 0 amide bonds. The average molecular weight is 376 g/mol. The lowest BCUT2D eigenvalue weighted by atomic mass is 9.83. The number of pyridine rings is 1. The van der Waals surface area contributed by atoms with Crippen molar-refractivity contribution in [3.05, 3.63) is 41.6 Å². The Morgan fingerprint density at radius 2 is 2.04 bits per heavy atom. The maximum Gasteiger partial charge on any atom is 0.231 e. The van der Waals surface area contributed by atoms with Gasteiger partial charge in [-0.15, -0.1) is 0 Å². The lowest BCUT2D eigenvalue weighted by molar-refractivity contribution is 0.105. The van der Waals surface area contributed by atoms with Gasteiger partial charge in [-0.05, 0) is 57.1 Å². The summed E-state index contributed by atoms with van der Waals surface area (Å²) in [6.45, 7) is 11.6. The van der Waals surface area contributed by atoms with E-state index in [2.05, 4.69) is 37.0 Å². The lowest BCUT2D eigenvalue weighted by Crippen LogP contribution is -2.31. The Balaban J connectivity index is 1.65. The topological polar surface area (TPSA) is 91.1 Å². The zero-order valence-electron chi connectivity index (χ0n) is 16.1. The molecule has 3 aromatic rings. The van der Waals surface area contributed by atoms with Gasteiger partial charge in [0.15, 0.2) is 0 Å². The summed E-state index contributed by atoms with van der Waals surface area (Å²) in [5, 5.41) is 14.1. The minimum absolute atomic E-state index is 0.164. The molecule has 3 aromatic heterocycles. The Bertz CT molecular complexity index is 1030. The molecule has 0 spiro atoms. The van der Waals surface area contributed by atoms with E-state index >= 15 is 0 Å². The summed E-state index contributed by atoms with van der Waals surface area (Å²) in [5.41, 5.74) is 3.71. The lowest BCUT2D eigenvalue weighted by Gasteiger charge is -2.30. The number of nitrogens with one attached hydrogen (secondary N) is 2. The second kappa shape index (κ2) is 7.56. The zero-order valence-corrected chi connectivity index (χ0v) is 16.1. The molecular formula is C21H24N6O. The van der Waals surface area contributed by atoms with E-state index in [0.29, 0.717) is 23.2 Å². The second-order valence-electron chi connectivity index (χ2n) is 7.65. The van der Waals surface area contributed by atoms with Gasteiger partial charge >= 0.3 is 0 Å². The van der Waals surface area contributed by atoms with Crippen LogP contribution in [0, 0.1) is 19.4 Å². The van der Waals surface area contributed by atoms with Gasteiger partial charge in [0.1, 0.15) is 5.65 Å². The van der Waals surface area contributed by atoms with Gasteiger partial charge in [-0.2, -0.15) is 0 Å². The molecule has 7 nitrogen and oxygen atoms in total. The Hall–Kier alpha value is -2.98. The standard InChI is InChI=1S/C21H24N6O/c1-12-8-16-17(10-24-20(16)23-9-12)19-18(22-3)11-25-21(27-19)26-13(2)14-4-6-15(28)7-5-14/h8-11,13-15,28H,4-7H2,1-2H3,(H,23,24)(H,25,26,27)/t13-,14?,15?/m1/s1. The molecule has 1 fully saturated rings. The van der Waals surface area contributed by atoms with E-state index in [9.17, 15) is 5.11 Å². The molecule has 1 aliphatic carbocycles. The van der Waals surface area contributed by atoms with Crippen molar-refractivity contribution in [3.8, 4) is 11.3 Å². The number of H-pyrrole nitrogens is 1. The normalized spacial score (nSPS) is 20.6. The number of hydrogen-bond acceptors (Lipinski definition) is 5. The molecule has 0 unspecified atom stereocenters. The predicted molar refractivity (Wildman–Crippen MR) is 109 cm³/mol. The van der Waals surface area contributed by atoms with Crippen LogP contribution >= 0.6 is 0 Å². The van der Waals surface area contributed by atoms with Gasteiger partial charge in [0.05, 0.1) is 18.4 Å². The van der Waals surface area contributed by atoms with Gasteiger partial charge in [0.2, 0.25) is 11.6 Å². The number of aromatic amines is 1. The first-order valence-electron chi connectivity index (χ1n) is 9.68. The average Bonchev–Trinajstić information content (AvgIpc) is 3.11. The van der Waals surface area contributed by atoms with Crippen LogP contribution in [0.15, 0.2) is 24.7 Å². The molecule has 7 heteroatoms. The van der Waals surface area contributed by atoms with Crippen LogP contribution < -0.4 is 5.32 Å². The number of aryl methyl sites for hydroxylation is 1. The zero-order chi connectivity index (χ0) is 19.7. The van der Waals surface area contributed by atoms with Gasteiger partial charge in [-0.1, -0.05) is 0 Å². The molecule has 0 aromatic carbocycles. The Morgan fingerprint density at radius 3 is 2.79 bits per heavy atom. The molecule has 1 saturated carbocycles. The van der Waals surface area contributed by atoms with Crippen LogP contribution in [0.3, 0.4) is 0 Å². The number of aromatic nitrogens is 4. The Morgan fingerprint density at radius 1 is 1.25 bits per heavy atom. The van der Waals surface area contributed by atoms with E-state index in [1.165, 1.54) is 0 Å². The fourth-order valence-corrected chi connectivity index (χ4v) is 3.95. The smallest absolute Gasteiger partial charge is 0.231 e. The molecule has 3 heterocycles. The number of anilines is 1. The molecule has 0 bridgehead atoms. The molecule has 1 atom stereocenters. The minimum atomic E-state index is -0.164. The van der Waals surface area contributed by atoms with Gasteiger partial charge in [0.25, 0.3) is 0 Å². The van der Waals surface area contributed by atoms with Crippen molar-refractivity contribution in [2.45, 2.75) is 51.7 Å². The number of hydrogen-bond donors (Lipinski definition) is 3. The third kappa shape index (κ3) is 3.56. The second-order valence-corrected chi connectivity index (χ2v) is 7.65. The third-order valence-corrected chi connectivity index (χ3v) is 5.62. The first kappa shape index (κ1) is 18.4. The maximum absolute atomic E-state index is 9.72. The fraction of sp³-hybridized carbons (Fsp3) is 0.429. The van der Waals surface area contributed by atoms with Crippen molar-refractivity contribution in [1.82, 2.24) is 19.9 Å². The molecule has 0 radical (unpaired) electrons. The molecule has 1 aliphatic rings. The molecular weight excluding hydrogens is 352 g/mol. The van der Waals surface area contributed by atoms with E-state index in [1.54, 1.807) is 6.20 Å². The molecule has 4 rings (SSSR count). The minimum Gasteiger partial charge on any atom is -0.393 e. The van der Waals surface area contributed by atoms with Gasteiger partial charge in [-0.3, -0.25) is 0 Å². The van der Waals surface area contributed by atoms with Crippen molar-refractivity contribution < 1.29 is 5.11 Å². The summed E-state index contributed by atoms with van der Waals surface area (Å²) in [4.78, 5) is 20.2. The van der Waals surface area contributed by atoms with Crippen molar-refractivity contribution in [2.24, 2.45) is 5.92 Å². The monoisotopic (exact) mass is 376 g/mol. The highest BCUT2D eigenvalue weighted by Crippen LogP contribution is 2.34. The molecule has 28 heavy (non-hydrogen) atoms.